The smallest absolute Gasteiger partial charge is 0.338 e. The minimum Gasteiger partial charge on any atom is -0.472 e. The van der Waals surface area contributed by atoms with Gasteiger partial charge in [0.2, 0.25) is 0 Å². The number of rotatable bonds is 11. The molecule has 1 aromatic rings. The average molecular weight is 847 g/mol. The van der Waals surface area contributed by atoms with Gasteiger partial charge in [0.15, 0.2) is 28.5 Å². The van der Waals surface area contributed by atoms with Crippen LogP contribution in [-0.4, -0.2) is 110 Å². The number of methoxy groups -OCH3 is 1. The van der Waals surface area contributed by atoms with Crippen LogP contribution in [0.5, 0.6) is 0 Å². The summed E-state index contributed by atoms with van der Waals surface area (Å²) in [6, 6.07) is 1.61. The Kier molecular flexibility index (Phi) is 9.15. The third kappa shape index (κ3) is 4.56. The number of carbonyl (C=O) groups excluding carboxylic acids is 5. The molecular weight excluding hydrogens is 788 g/mol. The van der Waals surface area contributed by atoms with Crippen molar-refractivity contribution in [3.05, 3.63) is 24.2 Å². The van der Waals surface area contributed by atoms with Gasteiger partial charge in [-0.05, 0) is 44.6 Å². The van der Waals surface area contributed by atoms with Crippen LogP contribution in [-0.2, 0) is 61.9 Å². The molecule has 0 amide bonds. The van der Waals surface area contributed by atoms with Crippen LogP contribution in [0.4, 0.5) is 0 Å². The van der Waals surface area contributed by atoms with Crippen molar-refractivity contribution in [2.45, 2.75) is 172 Å². The summed E-state index contributed by atoms with van der Waals surface area (Å²) in [6.45, 7) is 15.8. The average Bonchev–Trinajstić information content (AvgIpc) is 3.95. The highest BCUT2D eigenvalue weighted by Crippen LogP contribution is 2.89. The molecular formula is C43H58O17. The van der Waals surface area contributed by atoms with E-state index < -0.39 is 141 Å². The Bertz CT molecular complexity index is 2020. The molecule has 1 aromatic heterocycles. The Labute approximate surface area is 348 Å². The number of hydrogen-bond acceptors (Lipinski definition) is 17. The SMILES string of the molecule is CC[C@H](C)C(=O)O[C@@H]1C[C@@]2(C)[C@H](c3ccoc3)OC(=O)C[C@]23O[C@@]2(C)O[C@@]34[C@H](OC(=O)C(C)C)[C@@]3(O)[C@@H](OC(=O)[C@@](C)(O)CC)[C@]5(C)C[C@@]3(O)[C@@](C)([C@H]5CC(=O)OC)[C@@]14O2. The predicted octanol–water partition coefficient (Wildman–Crippen LogP) is 3.33. The van der Waals surface area contributed by atoms with Crippen molar-refractivity contribution in [3.8, 4) is 0 Å². The first-order valence-electron chi connectivity index (χ1n) is 20.9. The Morgan fingerprint density at radius 1 is 0.950 bits per heavy atom. The van der Waals surface area contributed by atoms with Crippen molar-refractivity contribution < 1.29 is 81.6 Å². The van der Waals surface area contributed by atoms with Crippen molar-refractivity contribution in [1.82, 2.24) is 0 Å². The molecule has 0 radical (unpaired) electrons. The normalized spacial score (nSPS) is 48.0. The van der Waals surface area contributed by atoms with Gasteiger partial charge in [0, 0.05) is 35.2 Å². The summed E-state index contributed by atoms with van der Waals surface area (Å²) < 4.78 is 57.7. The highest BCUT2D eigenvalue weighted by molar-refractivity contribution is 5.80. The zero-order valence-corrected chi connectivity index (χ0v) is 36.1. The number of carbonyl (C=O) groups is 5. The number of cyclic esters (lactones) is 1. The third-order valence-electron chi connectivity index (χ3n) is 16.4. The number of hydrogen-bond donors (Lipinski definition) is 3. The molecule has 4 aliphatic carbocycles. The molecule has 7 aliphatic rings. The molecule has 0 aromatic carbocycles. The van der Waals surface area contributed by atoms with E-state index in [-0.39, 0.29) is 19.3 Å². The fraction of sp³-hybridized carbons (Fsp3) is 0.791. The minimum absolute atomic E-state index is 0.106. The molecule has 4 saturated carbocycles. The molecule has 17 heteroatoms. The molecule has 7 fully saturated rings. The van der Waals surface area contributed by atoms with Crippen molar-refractivity contribution in [3.63, 3.8) is 0 Å². The monoisotopic (exact) mass is 846 g/mol. The summed E-state index contributed by atoms with van der Waals surface area (Å²) in [7, 11) is 1.19. The molecule has 8 rings (SSSR count). The molecule has 3 N–H and O–H groups in total. The van der Waals surface area contributed by atoms with Crippen molar-refractivity contribution in [2.75, 3.05) is 7.11 Å². The summed E-state index contributed by atoms with van der Waals surface area (Å²) in [4.78, 5) is 70.8. The van der Waals surface area contributed by atoms with E-state index in [1.54, 1.807) is 54.5 Å². The van der Waals surface area contributed by atoms with Crippen LogP contribution in [0.3, 0.4) is 0 Å². The first kappa shape index (κ1) is 43.1. The molecule has 17 nitrogen and oxygen atoms in total. The quantitative estimate of drug-likeness (QED) is 0.214. The number of esters is 5. The molecule has 4 bridgehead atoms. The van der Waals surface area contributed by atoms with E-state index >= 15 is 0 Å². The van der Waals surface area contributed by atoms with Crippen LogP contribution in [0.2, 0.25) is 0 Å². The Morgan fingerprint density at radius 3 is 2.20 bits per heavy atom. The lowest BCUT2D eigenvalue weighted by Crippen LogP contribution is -2.99. The van der Waals surface area contributed by atoms with Gasteiger partial charge in [-0.15, -0.1) is 0 Å². The first-order chi connectivity index (χ1) is 27.8. The van der Waals surface area contributed by atoms with Crippen LogP contribution in [0.1, 0.15) is 119 Å². The van der Waals surface area contributed by atoms with Crippen LogP contribution in [0.15, 0.2) is 23.0 Å². The van der Waals surface area contributed by atoms with Crippen LogP contribution >= 0.6 is 0 Å². The van der Waals surface area contributed by atoms with E-state index in [0.717, 1.165) is 0 Å². The van der Waals surface area contributed by atoms with E-state index in [0.29, 0.717) is 12.0 Å². The van der Waals surface area contributed by atoms with Gasteiger partial charge in [-0.3, -0.25) is 19.2 Å². The largest absolute Gasteiger partial charge is 0.472 e. The van der Waals surface area contributed by atoms with Crippen molar-refractivity contribution in [1.29, 1.82) is 0 Å². The van der Waals surface area contributed by atoms with Crippen molar-refractivity contribution in [2.24, 2.45) is 34.0 Å². The van der Waals surface area contributed by atoms with Gasteiger partial charge in [-0.2, -0.15) is 0 Å². The van der Waals surface area contributed by atoms with Gasteiger partial charge in [-0.25, -0.2) is 4.79 Å². The summed E-state index contributed by atoms with van der Waals surface area (Å²) >= 11 is 0. The fourth-order valence-electron chi connectivity index (χ4n) is 13.3. The number of furan rings is 1. The maximum absolute atomic E-state index is 14.3. The Hall–Kier alpha value is -3.61. The molecule has 60 heavy (non-hydrogen) atoms. The topological polar surface area (TPSA) is 233 Å². The summed E-state index contributed by atoms with van der Waals surface area (Å²) in [5.41, 5.74) is -18.9. The van der Waals surface area contributed by atoms with E-state index in [9.17, 15) is 39.3 Å². The van der Waals surface area contributed by atoms with Crippen LogP contribution in [0, 0.1) is 34.0 Å². The second-order valence-corrected chi connectivity index (χ2v) is 19.7. The molecule has 16 atom stereocenters. The molecule has 0 unspecified atom stereocenters. The van der Waals surface area contributed by atoms with Gasteiger partial charge in [-0.1, -0.05) is 55.4 Å². The van der Waals surface area contributed by atoms with Crippen LogP contribution < -0.4 is 0 Å². The van der Waals surface area contributed by atoms with E-state index in [1.165, 1.54) is 33.5 Å². The van der Waals surface area contributed by atoms with Gasteiger partial charge >= 0.3 is 29.8 Å². The van der Waals surface area contributed by atoms with E-state index in [1.807, 2.05) is 6.92 Å². The standard InChI is InChI=1S/C43H58O17/c1-12-22(5)30(47)54-25-17-35(7)28(23-14-15-53-19-23)55-27(45)18-40(35)43-32(56-29(46)21(3)4)41(51)31(57-33(48)36(8,49)13-2)34(6)20-39(41,50)37(9,24(34)16-26(44)52-11)42(25,43)59-38(10,58-40)60-43/h14-15,19,21-22,24-25,28,31-32,49-51H,12-13,16-18,20H2,1-11H3/t22-,24-,25+,28-,31-,32+,34+,35-,36-,37+,38+,39+,40-,41-,42-,43-/m0/s1. The number of aliphatic hydroxyl groups is 3. The lowest BCUT2D eigenvalue weighted by atomic mass is 9.31. The van der Waals surface area contributed by atoms with E-state index in [4.69, 9.17) is 42.3 Å². The molecule has 4 heterocycles. The molecule has 332 valence electrons. The molecule has 3 saturated heterocycles. The van der Waals surface area contributed by atoms with Gasteiger partial charge < -0.3 is 57.6 Å². The summed E-state index contributed by atoms with van der Waals surface area (Å²) in [6.07, 6.45) is -5.14. The second-order valence-electron chi connectivity index (χ2n) is 19.7. The number of fused-ring (bicyclic) bond motifs is 2. The summed E-state index contributed by atoms with van der Waals surface area (Å²) in [5, 5.41) is 39.3. The lowest BCUT2D eigenvalue weighted by Gasteiger charge is -2.79. The van der Waals surface area contributed by atoms with E-state index in [2.05, 4.69) is 0 Å². The zero-order chi connectivity index (χ0) is 44.2. The molecule has 3 aliphatic heterocycles. The number of ether oxygens (including phenoxy) is 8. The maximum Gasteiger partial charge on any atom is 0.338 e. The maximum atomic E-state index is 14.3. The summed E-state index contributed by atoms with van der Waals surface area (Å²) in [5.74, 6) is -9.04. The van der Waals surface area contributed by atoms with Gasteiger partial charge in [0.25, 0.3) is 5.97 Å². The fourth-order valence-corrected chi connectivity index (χ4v) is 13.3. The first-order valence-corrected chi connectivity index (χ1v) is 20.9. The zero-order valence-electron chi connectivity index (χ0n) is 36.1. The Balaban J connectivity index is 1.53. The second kappa shape index (κ2) is 12.7. The highest BCUT2D eigenvalue weighted by Gasteiger charge is 3.07. The molecule has 2 spiro atoms. The van der Waals surface area contributed by atoms with Gasteiger partial charge in [0.1, 0.15) is 29.5 Å². The minimum atomic E-state index is -2.87. The predicted molar refractivity (Wildman–Crippen MR) is 200 cm³/mol. The Morgan fingerprint density at radius 2 is 1.62 bits per heavy atom. The van der Waals surface area contributed by atoms with Crippen LogP contribution in [0.25, 0.3) is 0 Å². The lowest BCUT2D eigenvalue weighted by molar-refractivity contribution is -0.479. The highest BCUT2D eigenvalue weighted by atomic mass is 17.0. The van der Waals surface area contributed by atoms with Gasteiger partial charge in [0.05, 0.1) is 37.9 Å². The third-order valence-corrected chi connectivity index (χ3v) is 16.4. The van der Waals surface area contributed by atoms with Crippen molar-refractivity contribution >= 4 is 29.8 Å².